The van der Waals surface area contributed by atoms with Crippen molar-refractivity contribution in [2.24, 2.45) is 0 Å². The Hall–Kier alpha value is -1.62. The number of aromatic nitrogens is 4. The van der Waals surface area contributed by atoms with Crippen LogP contribution in [0.1, 0.15) is 0 Å². The molecule has 0 spiro atoms. The van der Waals surface area contributed by atoms with Crippen molar-refractivity contribution < 1.29 is 0 Å². The fourth-order valence-electron chi connectivity index (χ4n) is 1.84. The third-order valence-corrected chi connectivity index (χ3v) is 3.53. The highest BCUT2D eigenvalue weighted by molar-refractivity contribution is 6.39. The van der Waals surface area contributed by atoms with Crippen LogP contribution in [0.5, 0.6) is 0 Å². The normalized spacial score (nSPS) is 10.8. The summed E-state index contributed by atoms with van der Waals surface area (Å²) in [5.74, 6) is 1.18. The Morgan fingerprint density at radius 3 is 2.40 bits per heavy atom. The minimum Gasteiger partial charge on any atom is -0.284 e. The van der Waals surface area contributed by atoms with Crippen molar-refractivity contribution in [1.29, 1.82) is 0 Å². The molecule has 3 aromatic rings. The Balaban J connectivity index is 2.21. The summed E-state index contributed by atoms with van der Waals surface area (Å²) in [4.78, 5) is 12.3. The summed E-state index contributed by atoms with van der Waals surface area (Å²) in [7, 11) is 0. The quantitative estimate of drug-likeness (QED) is 0.660. The predicted octanol–water partition coefficient (Wildman–Crippen LogP) is 4.29. The molecule has 0 amide bonds. The number of hydrogen-bond donors (Lipinski definition) is 0. The highest BCUT2D eigenvalue weighted by atomic mass is 35.5. The Labute approximate surface area is 130 Å². The molecule has 0 atom stereocenters. The van der Waals surface area contributed by atoms with Crippen molar-refractivity contribution in [3.05, 3.63) is 58.2 Å². The monoisotopic (exact) mass is 324 g/mol. The highest BCUT2D eigenvalue weighted by Crippen LogP contribution is 2.34. The molecule has 0 aliphatic heterocycles. The number of halogens is 3. The smallest absolute Gasteiger partial charge is 0.148 e. The van der Waals surface area contributed by atoms with E-state index in [1.54, 1.807) is 41.2 Å². The number of rotatable bonds is 2. The van der Waals surface area contributed by atoms with Crippen LogP contribution in [0.2, 0.25) is 15.2 Å². The topological polar surface area (TPSA) is 43.6 Å². The van der Waals surface area contributed by atoms with Crippen LogP contribution in [-0.2, 0) is 0 Å². The summed E-state index contributed by atoms with van der Waals surface area (Å²) in [6, 6.07) is 6.93. The molecule has 1 aromatic carbocycles. The van der Waals surface area contributed by atoms with Gasteiger partial charge in [0.1, 0.15) is 23.1 Å². The summed E-state index contributed by atoms with van der Waals surface area (Å²) in [5.41, 5.74) is 0.649. The first kappa shape index (κ1) is 13.4. The fourth-order valence-corrected chi connectivity index (χ4v) is 2.55. The average Bonchev–Trinajstić information content (AvgIpc) is 2.87. The Bertz CT molecular complexity index is 750. The molecule has 0 aliphatic rings. The second-order valence-corrected chi connectivity index (χ2v) is 5.12. The predicted molar refractivity (Wildman–Crippen MR) is 79.6 cm³/mol. The van der Waals surface area contributed by atoms with Gasteiger partial charge >= 0.3 is 0 Å². The molecule has 0 aliphatic carbocycles. The van der Waals surface area contributed by atoms with E-state index in [-0.39, 0.29) is 0 Å². The lowest BCUT2D eigenvalue weighted by molar-refractivity contribution is 0.979. The summed E-state index contributed by atoms with van der Waals surface area (Å²) in [6.07, 6.45) is 4.79. The molecular weight excluding hydrogens is 319 g/mol. The van der Waals surface area contributed by atoms with E-state index in [0.717, 1.165) is 0 Å². The van der Waals surface area contributed by atoms with Crippen LogP contribution in [-0.4, -0.2) is 19.5 Å². The number of nitrogens with zero attached hydrogens (tertiary/aromatic N) is 4. The van der Waals surface area contributed by atoms with E-state index >= 15 is 0 Å². The van der Waals surface area contributed by atoms with E-state index in [9.17, 15) is 0 Å². The van der Waals surface area contributed by atoms with Crippen LogP contribution in [0.3, 0.4) is 0 Å². The van der Waals surface area contributed by atoms with E-state index in [1.807, 2.05) is 0 Å². The summed E-state index contributed by atoms with van der Waals surface area (Å²) >= 11 is 18.3. The first-order valence-electron chi connectivity index (χ1n) is 5.62. The van der Waals surface area contributed by atoms with Crippen LogP contribution in [0.25, 0.3) is 17.2 Å². The molecule has 0 bridgehead atoms. The maximum atomic E-state index is 6.22. The minimum absolute atomic E-state index is 0.347. The highest BCUT2D eigenvalue weighted by Gasteiger charge is 2.15. The van der Waals surface area contributed by atoms with Crippen LogP contribution in [0.15, 0.2) is 43.0 Å². The molecule has 0 radical (unpaired) electrons. The minimum atomic E-state index is 0.347. The number of hydrogen-bond acceptors (Lipinski definition) is 3. The van der Waals surface area contributed by atoms with Crippen molar-refractivity contribution in [2.45, 2.75) is 0 Å². The summed E-state index contributed by atoms with van der Waals surface area (Å²) in [5, 5.41) is 1.38. The van der Waals surface area contributed by atoms with E-state index in [1.165, 1.54) is 6.33 Å². The summed E-state index contributed by atoms with van der Waals surface area (Å²) < 4.78 is 1.75. The molecule has 0 saturated carbocycles. The van der Waals surface area contributed by atoms with Gasteiger partial charge in [0.2, 0.25) is 0 Å². The van der Waals surface area contributed by atoms with Crippen LogP contribution < -0.4 is 0 Å². The van der Waals surface area contributed by atoms with Gasteiger partial charge in [-0.05, 0) is 12.1 Å². The van der Waals surface area contributed by atoms with Crippen molar-refractivity contribution in [3.63, 3.8) is 0 Å². The molecule has 0 fully saturated rings. The second kappa shape index (κ2) is 5.40. The maximum Gasteiger partial charge on any atom is 0.148 e. The van der Waals surface area contributed by atoms with Crippen molar-refractivity contribution in [2.75, 3.05) is 0 Å². The Kier molecular flexibility index (Phi) is 3.61. The van der Waals surface area contributed by atoms with Gasteiger partial charge in [0.05, 0.1) is 15.6 Å². The largest absolute Gasteiger partial charge is 0.284 e. The van der Waals surface area contributed by atoms with Gasteiger partial charge in [-0.25, -0.2) is 15.0 Å². The lowest BCUT2D eigenvalue weighted by Gasteiger charge is -2.09. The lowest BCUT2D eigenvalue weighted by Crippen LogP contribution is -2.00. The molecule has 2 aromatic heterocycles. The van der Waals surface area contributed by atoms with Gasteiger partial charge in [0.25, 0.3) is 0 Å². The van der Waals surface area contributed by atoms with Gasteiger partial charge in [0.15, 0.2) is 0 Å². The second-order valence-electron chi connectivity index (χ2n) is 3.92. The maximum absolute atomic E-state index is 6.22. The van der Waals surface area contributed by atoms with Gasteiger partial charge in [0, 0.05) is 18.5 Å². The first-order chi connectivity index (χ1) is 9.66. The molecule has 0 unspecified atom stereocenters. The Morgan fingerprint density at radius 1 is 0.950 bits per heavy atom. The zero-order valence-electron chi connectivity index (χ0n) is 9.96. The molecule has 7 heteroatoms. The number of benzene rings is 1. The first-order valence-corrected chi connectivity index (χ1v) is 6.76. The molecule has 4 nitrogen and oxygen atoms in total. The van der Waals surface area contributed by atoms with Gasteiger partial charge < -0.3 is 0 Å². The fraction of sp³-hybridized carbons (Fsp3) is 0. The molecule has 2 heterocycles. The van der Waals surface area contributed by atoms with Gasteiger partial charge in [-0.15, -0.1) is 0 Å². The van der Waals surface area contributed by atoms with Gasteiger partial charge in [-0.2, -0.15) is 0 Å². The van der Waals surface area contributed by atoms with E-state index < -0.39 is 0 Å². The lowest BCUT2D eigenvalue weighted by atomic mass is 10.2. The van der Waals surface area contributed by atoms with E-state index in [4.69, 9.17) is 34.8 Å². The van der Waals surface area contributed by atoms with Gasteiger partial charge in [-0.1, -0.05) is 40.9 Å². The van der Waals surface area contributed by atoms with Gasteiger partial charge in [-0.3, -0.25) is 4.57 Å². The third-order valence-electron chi connectivity index (χ3n) is 2.69. The average molecular weight is 326 g/mol. The molecule has 20 heavy (non-hydrogen) atoms. The molecular formula is C13H7Cl3N4. The zero-order valence-corrected chi connectivity index (χ0v) is 12.2. The van der Waals surface area contributed by atoms with Crippen molar-refractivity contribution >= 4 is 34.8 Å². The van der Waals surface area contributed by atoms with Crippen LogP contribution >= 0.6 is 34.8 Å². The Morgan fingerprint density at radius 2 is 1.70 bits per heavy atom. The molecule has 0 N–H and O–H groups in total. The molecule has 0 saturated heterocycles. The van der Waals surface area contributed by atoms with E-state index in [2.05, 4.69) is 15.0 Å². The zero-order chi connectivity index (χ0) is 14.1. The third kappa shape index (κ3) is 2.38. The standard InChI is InChI=1S/C13H7Cl3N4/c14-8-2-1-3-9(15)12(8)13-17-4-5-20(13)11-6-10(16)18-7-19-11/h1-7H. The molecule has 3 rings (SSSR count). The van der Waals surface area contributed by atoms with Crippen LogP contribution in [0.4, 0.5) is 0 Å². The molecule has 100 valence electrons. The SMILES string of the molecule is Clc1cc(-n2ccnc2-c2c(Cl)cccc2Cl)ncn1. The van der Waals surface area contributed by atoms with E-state index in [0.29, 0.717) is 32.4 Å². The van der Waals surface area contributed by atoms with Crippen molar-refractivity contribution in [3.8, 4) is 17.2 Å². The van der Waals surface area contributed by atoms with Crippen molar-refractivity contribution in [1.82, 2.24) is 19.5 Å². The number of imidazole rings is 1. The summed E-state index contributed by atoms with van der Waals surface area (Å²) in [6.45, 7) is 0. The van der Waals surface area contributed by atoms with Crippen LogP contribution in [0, 0.1) is 0 Å².